The molecule has 0 aliphatic heterocycles. The number of benzene rings is 1. The molecule has 1 N–H and O–H groups in total. The monoisotopic (exact) mass is 404 g/mol. The standard InChI is InChI=1S/C20H24N2O5S/c1-12(2)9-15(19(24)26-4)21-17(23)10-27-20(25)16-11-28-18(22-16)14-7-5-13(3)6-8-14/h5-8,11-12,15H,9-10H2,1-4H3,(H,21,23). The van der Waals surface area contributed by atoms with E-state index in [1.807, 2.05) is 45.0 Å². The van der Waals surface area contributed by atoms with E-state index in [4.69, 9.17) is 9.47 Å². The minimum absolute atomic E-state index is 0.139. The van der Waals surface area contributed by atoms with Crippen molar-refractivity contribution in [2.75, 3.05) is 13.7 Å². The SMILES string of the molecule is COC(=O)C(CC(C)C)NC(=O)COC(=O)c1csc(-c2ccc(C)cc2)n1. The molecule has 0 aliphatic rings. The van der Waals surface area contributed by atoms with E-state index >= 15 is 0 Å². The fourth-order valence-corrected chi connectivity index (χ4v) is 3.26. The van der Waals surface area contributed by atoms with E-state index in [-0.39, 0.29) is 11.6 Å². The van der Waals surface area contributed by atoms with E-state index in [9.17, 15) is 14.4 Å². The largest absolute Gasteiger partial charge is 0.467 e. The molecular formula is C20H24N2O5S. The predicted molar refractivity (Wildman–Crippen MR) is 106 cm³/mol. The van der Waals surface area contributed by atoms with E-state index in [1.54, 1.807) is 5.38 Å². The van der Waals surface area contributed by atoms with Crippen LogP contribution in [-0.4, -0.2) is 42.6 Å². The number of carbonyl (C=O) groups is 3. The Bertz CT molecular complexity index is 829. The summed E-state index contributed by atoms with van der Waals surface area (Å²) in [5.41, 5.74) is 2.18. The van der Waals surface area contributed by atoms with Crippen LogP contribution in [0.4, 0.5) is 0 Å². The number of hydrogen-bond donors (Lipinski definition) is 1. The van der Waals surface area contributed by atoms with Gasteiger partial charge in [0.2, 0.25) is 0 Å². The summed E-state index contributed by atoms with van der Waals surface area (Å²) in [6.07, 6.45) is 0.429. The van der Waals surface area contributed by atoms with Gasteiger partial charge in [-0.25, -0.2) is 14.6 Å². The molecule has 2 rings (SSSR count). The van der Waals surface area contributed by atoms with E-state index in [0.717, 1.165) is 11.1 Å². The van der Waals surface area contributed by atoms with Gasteiger partial charge in [0, 0.05) is 10.9 Å². The molecule has 1 aromatic heterocycles. The fraction of sp³-hybridized carbons (Fsp3) is 0.400. The molecule has 0 saturated heterocycles. The van der Waals surface area contributed by atoms with Crippen LogP contribution in [0.1, 0.15) is 36.3 Å². The van der Waals surface area contributed by atoms with Gasteiger partial charge in [0.15, 0.2) is 12.3 Å². The number of nitrogens with one attached hydrogen (secondary N) is 1. The number of thiazole rings is 1. The molecular weight excluding hydrogens is 380 g/mol. The molecule has 1 unspecified atom stereocenters. The van der Waals surface area contributed by atoms with Crippen molar-refractivity contribution in [1.82, 2.24) is 10.3 Å². The number of nitrogens with zero attached hydrogens (tertiary/aromatic N) is 1. The van der Waals surface area contributed by atoms with Crippen molar-refractivity contribution in [3.63, 3.8) is 0 Å². The first kappa shape index (κ1) is 21.6. The number of aryl methyl sites for hydroxylation is 1. The van der Waals surface area contributed by atoms with Gasteiger partial charge in [-0.05, 0) is 19.3 Å². The van der Waals surface area contributed by atoms with Gasteiger partial charge in [-0.3, -0.25) is 4.79 Å². The zero-order valence-electron chi connectivity index (χ0n) is 16.4. The lowest BCUT2D eigenvalue weighted by molar-refractivity contribution is -0.145. The molecule has 0 spiro atoms. The second kappa shape index (κ2) is 9.98. The molecule has 0 aliphatic carbocycles. The van der Waals surface area contributed by atoms with Crippen molar-refractivity contribution in [3.05, 3.63) is 40.9 Å². The zero-order valence-corrected chi connectivity index (χ0v) is 17.2. The number of aromatic nitrogens is 1. The third-order valence-corrected chi connectivity index (χ3v) is 4.77. The van der Waals surface area contributed by atoms with Crippen LogP contribution in [0, 0.1) is 12.8 Å². The van der Waals surface area contributed by atoms with Gasteiger partial charge in [0.1, 0.15) is 11.0 Å². The number of hydrogen-bond acceptors (Lipinski definition) is 7. The highest BCUT2D eigenvalue weighted by atomic mass is 32.1. The Labute approximate surface area is 168 Å². The quantitative estimate of drug-likeness (QED) is 0.680. The van der Waals surface area contributed by atoms with E-state index in [2.05, 4.69) is 10.3 Å². The summed E-state index contributed by atoms with van der Waals surface area (Å²) in [5.74, 6) is -1.61. The average Bonchev–Trinajstić information content (AvgIpc) is 3.15. The molecule has 0 radical (unpaired) electrons. The topological polar surface area (TPSA) is 94.6 Å². The molecule has 1 atom stereocenters. The molecule has 0 fully saturated rings. The summed E-state index contributed by atoms with van der Waals surface area (Å²) in [5, 5.41) is 4.82. The maximum Gasteiger partial charge on any atom is 0.358 e. The fourth-order valence-electron chi connectivity index (χ4n) is 2.46. The number of amides is 1. The Balaban J connectivity index is 1.91. The number of rotatable bonds is 8. The van der Waals surface area contributed by atoms with Gasteiger partial charge in [0.05, 0.1) is 7.11 Å². The first-order chi connectivity index (χ1) is 13.3. The van der Waals surface area contributed by atoms with Crippen LogP contribution in [-0.2, 0) is 19.1 Å². The Morgan fingerprint density at radius 3 is 2.46 bits per heavy atom. The van der Waals surface area contributed by atoms with Crippen LogP contribution in [0.3, 0.4) is 0 Å². The number of carbonyl (C=O) groups excluding carboxylic acids is 3. The maximum atomic E-state index is 12.2. The smallest absolute Gasteiger partial charge is 0.358 e. The lowest BCUT2D eigenvalue weighted by atomic mass is 10.0. The maximum absolute atomic E-state index is 12.2. The molecule has 7 nitrogen and oxygen atoms in total. The zero-order chi connectivity index (χ0) is 20.7. The lowest BCUT2D eigenvalue weighted by Gasteiger charge is -2.18. The molecule has 8 heteroatoms. The van der Waals surface area contributed by atoms with Gasteiger partial charge in [-0.1, -0.05) is 43.7 Å². The van der Waals surface area contributed by atoms with Crippen LogP contribution in [0.15, 0.2) is 29.6 Å². The van der Waals surface area contributed by atoms with E-state index < -0.39 is 30.5 Å². The third kappa shape index (κ3) is 6.16. The molecule has 28 heavy (non-hydrogen) atoms. The Morgan fingerprint density at radius 2 is 1.86 bits per heavy atom. The Kier molecular flexibility index (Phi) is 7.69. The number of ether oxygens (including phenoxy) is 2. The molecule has 1 heterocycles. The Morgan fingerprint density at radius 1 is 1.18 bits per heavy atom. The normalized spacial score (nSPS) is 11.8. The second-order valence-corrected chi connectivity index (χ2v) is 7.61. The van der Waals surface area contributed by atoms with Crippen molar-refractivity contribution in [1.29, 1.82) is 0 Å². The number of methoxy groups -OCH3 is 1. The summed E-state index contributed by atoms with van der Waals surface area (Å²) in [4.78, 5) is 40.2. The van der Waals surface area contributed by atoms with E-state index in [1.165, 1.54) is 18.4 Å². The second-order valence-electron chi connectivity index (χ2n) is 6.75. The molecule has 150 valence electrons. The highest BCUT2D eigenvalue weighted by Gasteiger charge is 2.23. The van der Waals surface area contributed by atoms with Gasteiger partial charge in [0.25, 0.3) is 5.91 Å². The molecule has 1 aromatic carbocycles. The third-order valence-electron chi connectivity index (χ3n) is 3.87. The predicted octanol–water partition coefficient (Wildman–Crippen LogP) is 2.98. The van der Waals surface area contributed by atoms with Crippen LogP contribution in [0.5, 0.6) is 0 Å². The summed E-state index contributed by atoms with van der Waals surface area (Å²) >= 11 is 1.32. The van der Waals surface area contributed by atoms with Crippen LogP contribution in [0.2, 0.25) is 0 Å². The molecule has 0 saturated carbocycles. The van der Waals surface area contributed by atoms with Crippen LogP contribution in [0.25, 0.3) is 10.6 Å². The first-order valence-electron chi connectivity index (χ1n) is 8.87. The molecule has 1 amide bonds. The summed E-state index contributed by atoms with van der Waals surface area (Å²) in [7, 11) is 1.26. The van der Waals surface area contributed by atoms with Crippen molar-refractivity contribution < 1.29 is 23.9 Å². The van der Waals surface area contributed by atoms with E-state index in [0.29, 0.717) is 11.4 Å². The van der Waals surface area contributed by atoms with Crippen LogP contribution >= 0.6 is 11.3 Å². The molecule has 2 aromatic rings. The average molecular weight is 404 g/mol. The van der Waals surface area contributed by atoms with Crippen molar-refractivity contribution in [2.24, 2.45) is 5.92 Å². The number of esters is 2. The van der Waals surface area contributed by atoms with Crippen molar-refractivity contribution in [2.45, 2.75) is 33.2 Å². The summed E-state index contributed by atoms with van der Waals surface area (Å²) in [6, 6.07) is 7.02. The summed E-state index contributed by atoms with van der Waals surface area (Å²) in [6.45, 7) is 5.35. The Hall–Kier alpha value is -2.74. The van der Waals surface area contributed by atoms with Gasteiger partial charge < -0.3 is 14.8 Å². The molecule has 0 bridgehead atoms. The van der Waals surface area contributed by atoms with Crippen molar-refractivity contribution in [3.8, 4) is 10.6 Å². The minimum Gasteiger partial charge on any atom is -0.467 e. The van der Waals surface area contributed by atoms with Crippen LogP contribution < -0.4 is 5.32 Å². The highest BCUT2D eigenvalue weighted by molar-refractivity contribution is 7.13. The van der Waals surface area contributed by atoms with Crippen molar-refractivity contribution >= 4 is 29.2 Å². The van der Waals surface area contributed by atoms with Gasteiger partial charge in [-0.15, -0.1) is 11.3 Å². The summed E-state index contributed by atoms with van der Waals surface area (Å²) < 4.78 is 9.71. The van der Waals surface area contributed by atoms with Gasteiger partial charge >= 0.3 is 11.9 Å². The highest BCUT2D eigenvalue weighted by Crippen LogP contribution is 2.24. The first-order valence-corrected chi connectivity index (χ1v) is 9.75. The van der Waals surface area contributed by atoms with Gasteiger partial charge in [-0.2, -0.15) is 0 Å². The minimum atomic E-state index is -0.774. The lowest BCUT2D eigenvalue weighted by Crippen LogP contribution is -2.44.